The van der Waals surface area contributed by atoms with Crippen LogP contribution in [0, 0.1) is 5.92 Å². The first-order chi connectivity index (χ1) is 48.8. The highest BCUT2D eigenvalue weighted by Crippen LogP contribution is 2.47. The van der Waals surface area contributed by atoms with E-state index < -0.39 is 82.8 Å². The lowest BCUT2D eigenvalue weighted by Crippen LogP contribution is -2.63. The molecule has 27 heteroatoms. The first-order valence-corrected chi connectivity index (χ1v) is 35.4. The summed E-state index contributed by atoms with van der Waals surface area (Å²) in [5.41, 5.74) is 1.92. The normalized spacial score (nSPS) is 16.2. The van der Waals surface area contributed by atoms with Gasteiger partial charge in [-0.1, -0.05) is 65.0 Å². The number of piperidine rings is 1. The lowest BCUT2D eigenvalue weighted by Gasteiger charge is -2.51. The second-order valence-corrected chi connectivity index (χ2v) is 28.9. The maximum Gasteiger partial charge on any atom is 0.413 e. The Morgan fingerprint density at radius 2 is 1.21 bits per heavy atom. The van der Waals surface area contributed by atoms with Crippen LogP contribution in [0.1, 0.15) is 113 Å². The van der Waals surface area contributed by atoms with Crippen molar-refractivity contribution < 1.29 is 85.5 Å². The number of quaternary nitrogens is 1. The number of nitrogens with zero attached hydrogens (tertiary/aromatic N) is 6. The van der Waals surface area contributed by atoms with E-state index in [1.165, 1.54) is 30.0 Å². The number of rotatable bonds is 30. The third-order valence-corrected chi connectivity index (χ3v) is 19.3. The highest BCUT2D eigenvalue weighted by Gasteiger charge is 2.55. The Bertz CT molecular complexity index is 4290. The number of hydrogen-bond donors (Lipinski definition) is 1. The van der Waals surface area contributed by atoms with Gasteiger partial charge in [-0.3, -0.25) is 34.1 Å². The molecule has 7 aromatic rings. The number of β-lactam (4-membered cyclic amide) rings is 1. The summed E-state index contributed by atoms with van der Waals surface area (Å²) >= 11 is 2.21. The summed E-state index contributed by atoms with van der Waals surface area (Å²) in [4.78, 5) is 112. The van der Waals surface area contributed by atoms with Crippen LogP contribution in [0.4, 0.5) is 9.93 Å². The van der Waals surface area contributed by atoms with Gasteiger partial charge in [0.15, 0.2) is 33.8 Å². The minimum Gasteiger partial charge on any atom is -0.497 e. The molecule has 2 fully saturated rings. The van der Waals surface area contributed by atoms with Crippen molar-refractivity contribution >= 4 is 80.5 Å². The number of oxime groups is 1. The highest BCUT2D eigenvalue weighted by molar-refractivity contribution is 8.00. The minimum atomic E-state index is -1.74. The largest absolute Gasteiger partial charge is 0.497 e. The number of esters is 3. The molecule has 3 aliphatic heterocycles. The van der Waals surface area contributed by atoms with Crippen molar-refractivity contribution in [2.24, 2.45) is 11.1 Å². The Balaban J connectivity index is 0.963. The number of ketones is 1. The summed E-state index contributed by atoms with van der Waals surface area (Å²) < 4.78 is 59.3. The summed E-state index contributed by atoms with van der Waals surface area (Å²) in [6.45, 7) is 14.0. The van der Waals surface area contributed by atoms with Crippen LogP contribution in [0.3, 0.4) is 0 Å². The lowest BCUT2D eigenvalue weighted by atomic mass is 9.89. The Labute approximate surface area is 599 Å². The van der Waals surface area contributed by atoms with Crippen molar-refractivity contribution in [2.45, 2.75) is 143 Å². The van der Waals surface area contributed by atoms with E-state index in [1.807, 2.05) is 55.5 Å². The van der Waals surface area contributed by atoms with Crippen LogP contribution >= 0.6 is 23.1 Å². The number of aryl methyl sites for hydroxylation is 1. The van der Waals surface area contributed by atoms with Gasteiger partial charge in [0.05, 0.1) is 75.0 Å². The summed E-state index contributed by atoms with van der Waals surface area (Å²) in [6.07, 6.45) is 0.0757. The molecule has 10 rings (SSSR count). The van der Waals surface area contributed by atoms with Crippen LogP contribution in [-0.2, 0) is 87.3 Å². The molecule has 2 saturated heterocycles. The Morgan fingerprint density at radius 1 is 0.676 bits per heavy atom. The van der Waals surface area contributed by atoms with Gasteiger partial charge in [-0.05, 0) is 145 Å². The first kappa shape index (κ1) is 74.7. The number of hydrogen-bond acceptors (Lipinski definition) is 23. The van der Waals surface area contributed by atoms with E-state index in [1.54, 1.807) is 128 Å². The van der Waals surface area contributed by atoms with Gasteiger partial charge >= 0.3 is 24.0 Å². The molecule has 25 nitrogen and oxygen atoms in total. The van der Waals surface area contributed by atoms with Gasteiger partial charge in [0.25, 0.3) is 0 Å². The van der Waals surface area contributed by atoms with Gasteiger partial charge in [-0.15, -0.1) is 11.8 Å². The Hall–Kier alpha value is -9.99. The molecule has 5 heterocycles. The number of aromatic nitrogens is 3. The van der Waals surface area contributed by atoms with E-state index in [9.17, 15) is 14.4 Å². The molecular formula is C75H86N7O18S2+. The number of carbonyl (C=O) groups excluding carboxylic acids is 6. The average molecular weight is 1440 g/mol. The van der Waals surface area contributed by atoms with E-state index in [0.717, 1.165) is 41.7 Å². The third kappa shape index (κ3) is 19.1. The van der Waals surface area contributed by atoms with Crippen LogP contribution < -0.4 is 39.2 Å². The molecule has 0 spiro atoms. The number of benzene rings is 5. The third-order valence-electron chi connectivity index (χ3n) is 17.0. The lowest BCUT2D eigenvalue weighted by molar-refractivity contribution is -0.941. The first-order valence-electron chi connectivity index (χ1n) is 33.5. The number of Topliss-reactive ketones (excluding diaryl/α,β-unsaturated/α-hetero) is 1. The van der Waals surface area contributed by atoms with Crippen LogP contribution in [0.15, 0.2) is 137 Å². The standard InChI is InChI=1S/C75H85N7O18S2/c1-12-80-58-36-61(95-42-47-18-26-52(91-9)27-19-47)60(94-41-46-16-24-51(90-8)25-17-46)35-55(58)67(85)57(78-80)40-82(32-14-13-15-33-82)39-50-45-101-69-56(68(86)81(69)66(50)71(88)97-44-49-22-30-54(93-11)31-23-49)34-59(83)65(63-38-76-72(102-63)77-73(89)99-75(5,6)7)79-100-62(70(87)98-74(2,3)4)37-64(84)96-43-48-20-28-53(92-10)29-21-48/h16-31,35-36,38,56,62,69H,12-15,32-34,37,39-45H2,1-11H3/p+1/t56-,62?,69-/m1/s1. The van der Waals surface area contributed by atoms with E-state index in [0.29, 0.717) is 91.9 Å². The van der Waals surface area contributed by atoms with Gasteiger partial charge in [0, 0.05) is 36.6 Å². The number of ether oxygens (including phenoxy) is 10. The van der Waals surface area contributed by atoms with Crippen LogP contribution in [0.25, 0.3) is 10.9 Å². The van der Waals surface area contributed by atoms with Crippen molar-refractivity contribution in [3.63, 3.8) is 0 Å². The van der Waals surface area contributed by atoms with Crippen molar-refractivity contribution in [3.8, 4) is 34.5 Å². The summed E-state index contributed by atoms with van der Waals surface area (Å²) in [5.74, 6) is -1.34. The predicted molar refractivity (Wildman–Crippen MR) is 381 cm³/mol. The predicted octanol–water partition coefficient (Wildman–Crippen LogP) is 11.7. The van der Waals surface area contributed by atoms with Crippen molar-refractivity contribution in [3.05, 3.63) is 170 Å². The van der Waals surface area contributed by atoms with Gasteiger partial charge in [0.1, 0.15) is 79.4 Å². The van der Waals surface area contributed by atoms with Crippen molar-refractivity contribution in [2.75, 3.05) is 59.1 Å². The molecule has 540 valence electrons. The second-order valence-electron chi connectivity index (χ2n) is 26.8. The van der Waals surface area contributed by atoms with Crippen LogP contribution in [0.5, 0.6) is 34.5 Å². The number of likely N-dealkylation sites (tertiary alicyclic amines) is 1. The molecule has 3 atom stereocenters. The molecule has 0 radical (unpaired) electrons. The number of thiazole rings is 1. The molecule has 5 aromatic carbocycles. The number of amides is 2. The molecule has 0 saturated carbocycles. The quantitative estimate of drug-likeness (QED) is 0.0109. The fraction of sp³-hybridized carbons (Fsp3) is 0.413. The summed E-state index contributed by atoms with van der Waals surface area (Å²) in [5, 5.41) is 11.5. The highest BCUT2D eigenvalue weighted by atomic mass is 32.2. The van der Waals surface area contributed by atoms with Crippen molar-refractivity contribution in [1.82, 2.24) is 19.7 Å². The van der Waals surface area contributed by atoms with Crippen molar-refractivity contribution in [1.29, 1.82) is 0 Å². The van der Waals surface area contributed by atoms with E-state index in [4.69, 9.17) is 57.3 Å². The van der Waals surface area contributed by atoms with E-state index in [2.05, 4.69) is 15.5 Å². The zero-order chi connectivity index (χ0) is 72.9. The maximum absolute atomic E-state index is 15.3. The number of thioether (sulfide) groups is 1. The number of nitrogens with one attached hydrogen (secondary N) is 1. The smallest absolute Gasteiger partial charge is 0.413 e. The fourth-order valence-corrected chi connectivity index (χ4v) is 14.1. The molecular weight excluding hydrogens is 1350 g/mol. The van der Waals surface area contributed by atoms with Gasteiger partial charge in [-0.2, -0.15) is 5.10 Å². The van der Waals surface area contributed by atoms with Crippen LogP contribution in [0.2, 0.25) is 0 Å². The molecule has 2 aromatic heterocycles. The summed E-state index contributed by atoms with van der Waals surface area (Å²) in [7, 11) is 6.28. The van der Waals surface area contributed by atoms with E-state index in [-0.39, 0.29) is 66.4 Å². The number of carbonyl (C=O) groups is 6. The Kier molecular flexibility index (Phi) is 24.3. The topological polar surface area (TPSA) is 279 Å². The monoisotopic (exact) mass is 1440 g/mol. The molecule has 0 aliphatic carbocycles. The molecule has 2 amide bonds. The number of fused-ring (bicyclic) bond motifs is 2. The number of anilines is 1. The second kappa shape index (κ2) is 33.2. The molecule has 1 N–H and O–H groups in total. The average Bonchev–Trinajstić information content (AvgIpc) is 0.749. The Morgan fingerprint density at radius 3 is 1.74 bits per heavy atom. The van der Waals surface area contributed by atoms with Gasteiger partial charge < -0.3 is 56.7 Å². The SMILES string of the molecule is CCn1nc(C[N+]2(CC3=C(C(=O)OCc4ccc(OC)cc4)N4C(=O)[C@@H](CC(=O)C(=NOC(CC(=O)OCc5ccc(OC)cc5)C(=O)OC(C)(C)C)c5cnc(NC(=O)OC(C)(C)C)s5)[C@H]4SC3)CCCCC2)c(=O)c2cc(OCc3ccc(OC)cc3)c(OCc3ccc(OC)cc3)cc21. The fourth-order valence-electron chi connectivity index (χ4n) is 11.9. The van der Waals surface area contributed by atoms with Gasteiger partial charge in [-0.25, -0.2) is 19.4 Å². The van der Waals surface area contributed by atoms with Gasteiger partial charge in [0.2, 0.25) is 17.4 Å². The molecule has 102 heavy (non-hydrogen) atoms. The zero-order valence-corrected chi connectivity index (χ0v) is 60.8. The summed E-state index contributed by atoms with van der Waals surface area (Å²) in [6, 6.07) is 32.4. The van der Waals surface area contributed by atoms with E-state index >= 15 is 19.2 Å². The molecule has 1 unspecified atom stereocenters. The minimum absolute atomic E-state index is 0.0120. The number of methoxy groups -OCH3 is 4. The zero-order valence-electron chi connectivity index (χ0n) is 59.2. The maximum atomic E-state index is 15.3. The molecule has 3 aliphatic rings. The van der Waals surface area contributed by atoms with Crippen LogP contribution in [-0.4, -0.2) is 142 Å². The molecule has 0 bridgehead atoms.